The summed E-state index contributed by atoms with van der Waals surface area (Å²) in [4.78, 5) is 11.0. The molecule has 0 aromatic heterocycles. The van der Waals surface area contributed by atoms with Crippen LogP contribution in [-0.2, 0) is 9.53 Å². The fourth-order valence-corrected chi connectivity index (χ4v) is 3.47. The number of rotatable bonds is 10. The van der Waals surface area contributed by atoms with Crippen molar-refractivity contribution in [3.8, 4) is 0 Å². The van der Waals surface area contributed by atoms with E-state index in [-0.39, 0.29) is 12.3 Å². The van der Waals surface area contributed by atoms with Gasteiger partial charge < -0.3 is 10.1 Å². The maximum absolute atomic E-state index is 11.0. The van der Waals surface area contributed by atoms with Gasteiger partial charge in [-0.25, -0.2) is 0 Å². The van der Waals surface area contributed by atoms with Crippen LogP contribution in [0, 0.1) is 0 Å². The first-order valence-electron chi connectivity index (χ1n) is 10.2. The number of ether oxygens (including phenoxy) is 1. The zero-order chi connectivity index (χ0) is 19.6. The summed E-state index contributed by atoms with van der Waals surface area (Å²) in [5, 5.41) is 3.19. The van der Waals surface area contributed by atoms with Crippen LogP contribution in [-0.4, -0.2) is 18.6 Å². The number of aldehydes is 1. The molecule has 148 valence electrons. The lowest BCUT2D eigenvalue weighted by molar-refractivity contribution is -0.107. The Bertz CT molecular complexity index is 660. The fourth-order valence-electron chi connectivity index (χ4n) is 3.47. The zero-order valence-corrected chi connectivity index (χ0v) is 17.4. The molecule has 2 heterocycles. The van der Waals surface area contributed by atoms with Gasteiger partial charge in [-0.1, -0.05) is 41.0 Å². The second-order valence-electron chi connectivity index (χ2n) is 7.95. The van der Waals surface area contributed by atoms with E-state index in [9.17, 15) is 4.79 Å². The molecule has 2 bridgehead atoms. The molecule has 2 unspecified atom stereocenters. The van der Waals surface area contributed by atoms with E-state index in [4.69, 9.17) is 4.74 Å². The van der Waals surface area contributed by atoms with Gasteiger partial charge in [0.05, 0.1) is 6.10 Å². The monoisotopic (exact) mass is 369 g/mol. The topological polar surface area (TPSA) is 38.3 Å². The van der Waals surface area contributed by atoms with Crippen molar-refractivity contribution in [3.63, 3.8) is 0 Å². The van der Waals surface area contributed by atoms with Crippen LogP contribution in [0.25, 0.3) is 0 Å². The number of hydrogen-bond acceptors (Lipinski definition) is 3. The Hall–Kier alpha value is -1.87. The van der Waals surface area contributed by atoms with Gasteiger partial charge in [-0.3, -0.25) is 4.79 Å². The highest BCUT2D eigenvalue weighted by Crippen LogP contribution is 2.28. The van der Waals surface area contributed by atoms with Crippen LogP contribution in [0.15, 0.2) is 58.4 Å². The van der Waals surface area contributed by atoms with Gasteiger partial charge in [0, 0.05) is 11.8 Å². The van der Waals surface area contributed by atoms with Crippen molar-refractivity contribution >= 4 is 6.29 Å². The van der Waals surface area contributed by atoms with E-state index >= 15 is 0 Å². The Balaban J connectivity index is 1.69. The van der Waals surface area contributed by atoms with Crippen molar-refractivity contribution in [3.05, 3.63) is 58.4 Å². The minimum absolute atomic E-state index is 0.0625. The predicted molar refractivity (Wildman–Crippen MR) is 113 cm³/mol. The fraction of sp³-hybridized carbons (Fsp3) is 0.542. The van der Waals surface area contributed by atoms with E-state index in [0.717, 1.165) is 51.2 Å². The number of carbonyl (C=O) groups excluding carboxylic acids is 1. The summed E-state index contributed by atoms with van der Waals surface area (Å²) in [5.41, 5.74) is 6.36. The van der Waals surface area contributed by atoms with Crippen LogP contribution in [0.3, 0.4) is 0 Å². The molecule has 3 nitrogen and oxygen atoms in total. The van der Waals surface area contributed by atoms with Gasteiger partial charge in [-0.15, -0.1) is 0 Å². The largest absolute Gasteiger partial charge is 0.362 e. The number of hydrogen-bond donors (Lipinski definition) is 1. The molecular formula is C24H35NO2. The number of nitrogens with one attached hydrogen (secondary N) is 1. The van der Waals surface area contributed by atoms with Crippen molar-refractivity contribution in [1.29, 1.82) is 0 Å². The van der Waals surface area contributed by atoms with Gasteiger partial charge >= 0.3 is 0 Å². The SMILES string of the molecule is CC(C)=CCCC(C)=CCCC(C)=CCCC1=CCC2OC1NC=C2C=O. The third-order valence-electron chi connectivity index (χ3n) is 5.19. The summed E-state index contributed by atoms with van der Waals surface area (Å²) in [7, 11) is 0. The number of allylic oxidation sites excluding steroid dienone is 6. The Kier molecular flexibility index (Phi) is 8.80. The van der Waals surface area contributed by atoms with Crippen molar-refractivity contribution in [2.24, 2.45) is 0 Å². The lowest BCUT2D eigenvalue weighted by Crippen LogP contribution is -2.42. The van der Waals surface area contributed by atoms with E-state index in [0.29, 0.717) is 5.57 Å². The smallest absolute Gasteiger partial charge is 0.150 e. The molecule has 2 rings (SSSR count). The first-order valence-corrected chi connectivity index (χ1v) is 10.2. The van der Waals surface area contributed by atoms with Gasteiger partial charge in [0.2, 0.25) is 0 Å². The molecule has 27 heavy (non-hydrogen) atoms. The van der Waals surface area contributed by atoms with Crippen LogP contribution in [0.4, 0.5) is 0 Å². The van der Waals surface area contributed by atoms with E-state index in [1.807, 2.05) is 6.20 Å². The second kappa shape index (κ2) is 11.1. The molecular weight excluding hydrogens is 334 g/mol. The minimum atomic E-state index is -0.0680. The lowest BCUT2D eigenvalue weighted by atomic mass is 9.96. The summed E-state index contributed by atoms with van der Waals surface area (Å²) < 4.78 is 5.92. The molecule has 0 fully saturated rings. The van der Waals surface area contributed by atoms with Crippen LogP contribution >= 0.6 is 0 Å². The summed E-state index contributed by atoms with van der Waals surface area (Å²) in [6, 6.07) is 0. The molecule has 0 saturated heterocycles. The summed E-state index contributed by atoms with van der Waals surface area (Å²) in [6.45, 7) is 8.78. The molecule has 0 aliphatic carbocycles. The normalized spacial score (nSPS) is 22.5. The zero-order valence-electron chi connectivity index (χ0n) is 17.4. The molecule has 0 aromatic carbocycles. The molecule has 2 atom stereocenters. The summed E-state index contributed by atoms with van der Waals surface area (Å²) in [6.07, 6.45) is 19.3. The standard InChI is InChI=1S/C24H35NO2/c1-18(2)8-5-9-19(3)10-6-11-20(4)12-7-13-21-14-15-23-22(17-26)16-25-24(21)27-23/h8,10,12,14,16-17,23-25H,5-7,9,11,13,15H2,1-4H3. The van der Waals surface area contributed by atoms with Gasteiger partial charge in [-0.05, 0) is 78.2 Å². The molecule has 0 radical (unpaired) electrons. The quantitative estimate of drug-likeness (QED) is 0.384. The van der Waals surface area contributed by atoms with Crippen molar-refractivity contribution in [1.82, 2.24) is 5.32 Å². The molecule has 2 aliphatic rings. The van der Waals surface area contributed by atoms with Gasteiger partial charge in [0.15, 0.2) is 0 Å². The lowest BCUT2D eigenvalue weighted by Gasteiger charge is -2.35. The first kappa shape index (κ1) is 21.4. The highest BCUT2D eigenvalue weighted by molar-refractivity contribution is 5.75. The van der Waals surface area contributed by atoms with E-state index in [1.165, 1.54) is 22.3 Å². The molecule has 0 saturated carbocycles. The third kappa shape index (κ3) is 7.34. The highest BCUT2D eigenvalue weighted by atomic mass is 16.5. The minimum Gasteiger partial charge on any atom is -0.362 e. The summed E-state index contributed by atoms with van der Waals surface area (Å²) in [5.74, 6) is 0. The van der Waals surface area contributed by atoms with E-state index in [2.05, 4.69) is 57.3 Å². The number of carbonyl (C=O) groups is 1. The molecule has 0 aromatic rings. The molecule has 0 spiro atoms. The van der Waals surface area contributed by atoms with Crippen molar-refractivity contribution < 1.29 is 9.53 Å². The van der Waals surface area contributed by atoms with Gasteiger partial charge in [0.1, 0.15) is 12.5 Å². The number of fused-ring (bicyclic) bond motifs is 2. The molecule has 1 N–H and O–H groups in total. The van der Waals surface area contributed by atoms with Crippen LogP contribution in [0.1, 0.15) is 72.6 Å². The van der Waals surface area contributed by atoms with Crippen molar-refractivity contribution in [2.75, 3.05) is 0 Å². The van der Waals surface area contributed by atoms with Gasteiger partial charge in [-0.2, -0.15) is 0 Å². The predicted octanol–water partition coefficient (Wildman–Crippen LogP) is 5.91. The van der Waals surface area contributed by atoms with Crippen LogP contribution < -0.4 is 5.32 Å². The first-order chi connectivity index (χ1) is 13.0. The van der Waals surface area contributed by atoms with E-state index < -0.39 is 0 Å². The highest BCUT2D eigenvalue weighted by Gasteiger charge is 2.29. The third-order valence-corrected chi connectivity index (χ3v) is 5.19. The molecule has 0 amide bonds. The Labute approximate surface area is 164 Å². The molecule has 2 aliphatic heterocycles. The molecule has 3 heteroatoms. The maximum atomic E-state index is 11.0. The average molecular weight is 370 g/mol. The van der Waals surface area contributed by atoms with Gasteiger partial charge in [0.25, 0.3) is 0 Å². The van der Waals surface area contributed by atoms with Crippen LogP contribution in [0.5, 0.6) is 0 Å². The Morgan fingerprint density at radius 3 is 2.41 bits per heavy atom. The van der Waals surface area contributed by atoms with Crippen molar-refractivity contribution in [2.45, 2.75) is 85.0 Å². The second-order valence-corrected chi connectivity index (χ2v) is 7.95. The maximum Gasteiger partial charge on any atom is 0.150 e. The van der Waals surface area contributed by atoms with E-state index in [1.54, 1.807) is 0 Å². The Morgan fingerprint density at radius 2 is 1.74 bits per heavy atom. The average Bonchev–Trinajstić information content (AvgIpc) is 2.63. The summed E-state index contributed by atoms with van der Waals surface area (Å²) >= 11 is 0. The Morgan fingerprint density at radius 1 is 1.07 bits per heavy atom. The van der Waals surface area contributed by atoms with Crippen LogP contribution in [0.2, 0.25) is 0 Å².